The Morgan fingerprint density at radius 2 is 1.27 bits per heavy atom. The van der Waals surface area contributed by atoms with Crippen molar-refractivity contribution in [1.29, 1.82) is 0 Å². The van der Waals surface area contributed by atoms with Crippen LogP contribution in [-0.2, 0) is 12.4 Å². The Morgan fingerprint density at radius 3 is 1.76 bits per heavy atom. The van der Waals surface area contributed by atoms with E-state index in [1.807, 2.05) is 0 Å². The molecule has 2 nitrogen and oxygen atoms in total. The monoisotopic (exact) mass is 536 g/mol. The van der Waals surface area contributed by atoms with Crippen LogP contribution in [0.25, 0.3) is 0 Å². The number of aryl methyl sites for hydroxylation is 1. The van der Waals surface area contributed by atoms with Crippen LogP contribution < -0.4 is 9.47 Å². The lowest BCUT2D eigenvalue weighted by atomic mass is 9.69. The number of hydrogen-bond donors (Lipinski definition) is 0. The summed E-state index contributed by atoms with van der Waals surface area (Å²) in [6.07, 6.45) is 3.61. The molecule has 0 unspecified atom stereocenters. The van der Waals surface area contributed by atoms with Crippen LogP contribution in [0.15, 0.2) is 6.07 Å². The van der Waals surface area contributed by atoms with Crippen LogP contribution in [0.1, 0.15) is 108 Å². The molecule has 1 aromatic rings. The molecule has 0 heterocycles. The van der Waals surface area contributed by atoms with E-state index in [4.69, 9.17) is 9.47 Å². The summed E-state index contributed by atoms with van der Waals surface area (Å²) in [6.45, 7) is 4.81. The lowest BCUT2D eigenvalue weighted by Gasteiger charge is -2.38. The van der Waals surface area contributed by atoms with Gasteiger partial charge in [0.1, 0.15) is 22.6 Å². The molecule has 2 fully saturated rings. The molecule has 212 valence electrons. The lowest BCUT2D eigenvalue weighted by Crippen LogP contribution is -2.28. The van der Waals surface area contributed by atoms with Gasteiger partial charge in [-0.3, -0.25) is 0 Å². The maximum atomic E-state index is 13.9. The highest BCUT2D eigenvalue weighted by molar-refractivity contribution is 5.56. The molecule has 0 aromatic heterocycles. The molecule has 0 spiro atoms. The molecule has 0 aliphatic heterocycles. The molecule has 2 saturated carbocycles. The molecule has 1 aromatic carbocycles. The van der Waals surface area contributed by atoms with Crippen LogP contribution in [0.2, 0.25) is 0 Å². The Hall–Kier alpha value is -1.60. The van der Waals surface area contributed by atoms with E-state index in [-0.39, 0.29) is 24.7 Å². The highest BCUT2D eigenvalue weighted by atomic mass is 19.4. The number of benzene rings is 1. The number of rotatable bonds is 10. The second-order valence-corrected chi connectivity index (χ2v) is 11.1. The predicted molar refractivity (Wildman–Crippen MR) is 133 cm³/mol. The summed E-state index contributed by atoms with van der Waals surface area (Å²) >= 11 is 0. The van der Waals surface area contributed by atoms with Crippen molar-refractivity contribution < 1.29 is 35.8 Å². The van der Waals surface area contributed by atoms with Crippen LogP contribution in [0.3, 0.4) is 0 Å². The summed E-state index contributed by atoms with van der Waals surface area (Å²) in [7, 11) is 0. The van der Waals surface area contributed by atoms with Crippen molar-refractivity contribution in [1.82, 2.24) is 0 Å². The van der Waals surface area contributed by atoms with E-state index < -0.39 is 35.0 Å². The SMILES string of the molecule is CCCCCC1CCC(C2CCC(COc3c(C)cc(OCC)c(C(F)(F)F)c3C(F)(F)F)CC2)CC1. The second kappa shape index (κ2) is 13.0. The average molecular weight is 537 g/mol. The first-order valence-corrected chi connectivity index (χ1v) is 14.0. The highest BCUT2D eigenvalue weighted by Crippen LogP contribution is 2.51. The van der Waals surface area contributed by atoms with Crippen molar-refractivity contribution in [3.8, 4) is 11.5 Å². The third kappa shape index (κ3) is 7.95. The van der Waals surface area contributed by atoms with Crippen molar-refractivity contribution in [2.45, 2.75) is 110 Å². The molecule has 0 saturated heterocycles. The van der Waals surface area contributed by atoms with Crippen LogP contribution in [0, 0.1) is 30.6 Å². The van der Waals surface area contributed by atoms with Crippen molar-refractivity contribution in [2.75, 3.05) is 13.2 Å². The van der Waals surface area contributed by atoms with Gasteiger partial charge < -0.3 is 9.47 Å². The molecule has 0 bridgehead atoms. The van der Waals surface area contributed by atoms with Gasteiger partial charge >= 0.3 is 12.4 Å². The van der Waals surface area contributed by atoms with E-state index in [2.05, 4.69) is 6.92 Å². The normalized spacial score (nSPS) is 25.2. The molecule has 2 aliphatic rings. The van der Waals surface area contributed by atoms with E-state index in [9.17, 15) is 26.3 Å². The second-order valence-electron chi connectivity index (χ2n) is 11.1. The van der Waals surface area contributed by atoms with Gasteiger partial charge in [0.25, 0.3) is 0 Å². The third-order valence-electron chi connectivity index (χ3n) is 8.42. The summed E-state index contributed by atoms with van der Waals surface area (Å²) in [6, 6.07) is 1.01. The molecular formula is C29H42F6O2. The standard InChI is InChI=1S/C29H42F6O2/c1-4-6-7-8-20-9-13-22(14-10-20)23-15-11-21(12-16-23)18-37-27-19(3)17-24(36-5-2)25(28(30,31)32)26(27)29(33,34)35/h17,20-23H,4-16,18H2,1-3H3. The summed E-state index contributed by atoms with van der Waals surface area (Å²) < 4.78 is 93.6. The summed E-state index contributed by atoms with van der Waals surface area (Å²) in [5, 5.41) is 0. The fraction of sp³-hybridized carbons (Fsp3) is 0.793. The van der Waals surface area contributed by atoms with Gasteiger partial charge in [0.15, 0.2) is 0 Å². The number of hydrogen-bond acceptors (Lipinski definition) is 2. The number of ether oxygens (including phenoxy) is 2. The molecule has 8 heteroatoms. The molecule has 0 amide bonds. The van der Waals surface area contributed by atoms with Gasteiger partial charge in [0, 0.05) is 0 Å². The molecular weight excluding hydrogens is 494 g/mol. The quantitative estimate of drug-likeness (QED) is 0.219. The van der Waals surface area contributed by atoms with Gasteiger partial charge in [-0.2, -0.15) is 26.3 Å². The van der Waals surface area contributed by atoms with Crippen molar-refractivity contribution in [2.24, 2.45) is 23.7 Å². The van der Waals surface area contributed by atoms with Gasteiger partial charge in [-0.15, -0.1) is 0 Å². The van der Waals surface area contributed by atoms with Crippen LogP contribution in [-0.4, -0.2) is 13.2 Å². The lowest BCUT2D eigenvalue weighted by molar-refractivity contribution is -0.164. The van der Waals surface area contributed by atoms with Gasteiger partial charge in [-0.05, 0) is 87.7 Å². The fourth-order valence-electron chi connectivity index (χ4n) is 6.43. The minimum atomic E-state index is -5.23. The Morgan fingerprint density at radius 1 is 0.730 bits per heavy atom. The zero-order chi connectivity index (χ0) is 27.2. The zero-order valence-electron chi connectivity index (χ0n) is 22.4. The Labute approximate surface area is 217 Å². The number of halogens is 6. The first kappa shape index (κ1) is 29.9. The smallest absolute Gasteiger partial charge is 0.420 e. The summed E-state index contributed by atoms with van der Waals surface area (Å²) in [5.41, 5.74) is -3.60. The van der Waals surface area contributed by atoms with E-state index in [1.54, 1.807) is 0 Å². The summed E-state index contributed by atoms with van der Waals surface area (Å²) in [4.78, 5) is 0. The molecule has 0 N–H and O–H groups in total. The van der Waals surface area contributed by atoms with E-state index in [1.165, 1.54) is 65.2 Å². The molecule has 37 heavy (non-hydrogen) atoms. The first-order valence-electron chi connectivity index (χ1n) is 14.0. The molecule has 0 radical (unpaired) electrons. The van der Waals surface area contributed by atoms with E-state index in [0.717, 1.165) is 43.6 Å². The number of unbranched alkanes of at least 4 members (excludes halogenated alkanes) is 2. The largest absolute Gasteiger partial charge is 0.493 e. The Kier molecular flexibility index (Phi) is 10.5. The fourth-order valence-corrected chi connectivity index (χ4v) is 6.43. The van der Waals surface area contributed by atoms with Crippen molar-refractivity contribution >= 4 is 0 Å². The zero-order valence-corrected chi connectivity index (χ0v) is 22.4. The van der Waals surface area contributed by atoms with Crippen molar-refractivity contribution in [3.05, 3.63) is 22.8 Å². The predicted octanol–water partition coefficient (Wildman–Crippen LogP) is 10.0. The molecule has 2 aliphatic carbocycles. The minimum Gasteiger partial charge on any atom is -0.493 e. The highest BCUT2D eigenvalue weighted by Gasteiger charge is 2.49. The van der Waals surface area contributed by atoms with Crippen LogP contribution >= 0.6 is 0 Å². The van der Waals surface area contributed by atoms with Crippen molar-refractivity contribution in [3.63, 3.8) is 0 Å². The maximum Gasteiger partial charge on any atom is 0.420 e. The minimum absolute atomic E-state index is 0.00634. The van der Waals surface area contributed by atoms with Crippen LogP contribution in [0.5, 0.6) is 11.5 Å². The van der Waals surface area contributed by atoms with Gasteiger partial charge in [0.2, 0.25) is 0 Å². The third-order valence-corrected chi connectivity index (χ3v) is 8.42. The maximum absolute atomic E-state index is 13.9. The van der Waals surface area contributed by atoms with Crippen LogP contribution in [0.4, 0.5) is 26.3 Å². The molecule has 3 rings (SSSR count). The average Bonchev–Trinajstić information content (AvgIpc) is 2.83. The first-order chi connectivity index (χ1) is 17.5. The topological polar surface area (TPSA) is 18.5 Å². The van der Waals surface area contributed by atoms with E-state index in [0.29, 0.717) is 5.92 Å². The van der Waals surface area contributed by atoms with Gasteiger partial charge in [-0.25, -0.2) is 0 Å². The number of alkyl halides is 6. The Balaban J connectivity index is 1.61. The Bertz CT molecular complexity index is 847. The van der Waals surface area contributed by atoms with Gasteiger partial charge in [-0.1, -0.05) is 45.4 Å². The molecule has 0 atom stereocenters. The summed E-state index contributed by atoms with van der Waals surface area (Å²) in [5.74, 6) is 0.725. The van der Waals surface area contributed by atoms with E-state index >= 15 is 0 Å². The van der Waals surface area contributed by atoms with Gasteiger partial charge in [0.05, 0.1) is 13.2 Å².